The van der Waals surface area contributed by atoms with Gasteiger partial charge < -0.3 is 9.84 Å². The second kappa shape index (κ2) is 9.53. The van der Waals surface area contributed by atoms with Gasteiger partial charge in [0.05, 0.1) is 11.2 Å². The van der Waals surface area contributed by atoms with Gasteiger partial charge in [-0.15, -0.1) is 11.8 Å². The Hall–Kier alpha value is -2.20. The molecule has 156 valence electrons. The Balaban J connectivity index is 1.98. The molecule has 4 heteroatoms. The van der Waals surface area contributed by atoms with Gasteiger partial charge in [0.15, 0.2) is 0 Å². The van der Waals surface area contributed by atoms with Crippen molar-refractivity contribution >= 4 is 17.7 Å². The number of aliphatic hydroxyl groups excluding tert-OH is 1. The van der Waals surface area contributed by atoms with Gasteiger partial charge >= 0.3 is 5.97 Å². The largest absolute Gasteiger partial charge is 0.513 e. The number of esters is 1. The van der Waals surface area contributed by atoms with E-state index in [-0.39, 0.29) is 17.1 Å². The molecular formula is C25H32O3S. The molecule has 2 aromatic carbocycles. The maximum absolute atomic E-state index is 12.8. The highest BCUT2D eigenvalue weighted by Gasteiger charge is 2.32. The number of allylic oxidation sites excluding steroid dienone is 1. The molecule has 0 amide bonds. The zero-order chi connectivity index (χ0) is 21.7. The van der Waals surface area contributed by atoms with E-state index in [0.717, 1.165) is 22.6 Å². The quantitative estimate of drug-likeness (QED) is 0.170. The van der Waals surface area contributed by atoms with Gasteiger partial charge in [-0.25, -0.2) is 0 Å². The smallest absolute Gasteiger partial charge is 0.321 e. The molecular weight excluding hydrogens is 380 g/mol. The van der Waals surface area contributed by atoms with Crippen molar-refractivity contribution in [2.45, 2.75) is 63.2 Å². The molecule has 0 aliphatic heterocycles. The molecule has 0 aliphatic rings. The molecule has 0 radical (unpaired) electrons. The van der Waals surface area contributed by atoms with Crippen LogP contribution >= 0.6 is 11.8 Å². The number of carbonyl (C=O) groups is 1. The van der Waals surface area contributed by atoms with E-state index in [4.69, 9.17) is 9.84 Å². The molecule has 0 saturated carbocycles. The number of benzene rings is 2. The van der Waals surface area contributed by atoms with E-state index in [1.165, 1.54) is 5.56 Å². The van der Waals surface area contributed by atoms with Crippen LogP contribution in [0.3, 0.4) is 0 Å². The Morgan fingerprint density at radius 2 is 1.52 bits per heavy atom. The summed E-state index contributed by atoms with van der Waals surface area (Å²) < 4.78 is 5.65. The number of rotatable bonds is 8. The molecule has 0 fully saturated rings. The van der Waals surface area contributed by atoms with E-state index in [9.17, 15) is 4.79 Å². The topological polar surface area (TPSA) is 46.5 Å². The average Bonchev–Trinajstić information content (AvgIpc) is 2.65. The third-order valence-electron chi connectivity index (χ3n) is 4.90. The van der Waals surface area contributed by atoms with Crippen molar-refractivity contribution in [3.05, 3.63) is 72.0 Å². The van der Waals surface area contributed by atoms with Crippen LogP contribution < -0.4 is 4.74 Å². The Morgan fingerprint density at radius 3 is 2.03 bits per heavy atom. The lowest BCUT2D eigenvalue weighted by Crippen LogP contribution is -2.33. The van der Waals surface area contributed by atoms with Gasteiger partial charge in [-0.2, -0.15) is 0 Å². The monoisotopic (exact) mass is 412 g/mol. The molecule has 3 nitrogen and oxygen atoms in total. The van der Waals surface area contributed by atoms with Crippen molar-refractivity contribution in [1.29, 1.82) is 0 Å². The SMILES string of the molecule is C=C(O)CCCSc1ccc(OC(=O)C(C)(C)c2ccc(C(C)(C)C)cc2)cc1. The standard InChI is InChI=1S/C25H32O3S/c1-18(26)8-7-17-29-22-15-13-21(14-16-22)28-23(27)25(5,6)20-11-9-19(10-12-20)24(2,3)4/h9-16,26H,1,7-8,17H2,2-6H3. The summed E-state index contributed by atoms with van der Waals surface area (Å²) in [6, 6.07) is 15.8. The molecule has 0 heterocycles. The fraction of sp³-hybridized carbons (Fsp3) is 0.400. The average molecular weight is 413 g/mol. The first-order valence-corrected chi connectivity index (χ1v) is 10.9. The van der Waals surface area contributed by atoms with Gasteiger partial charge in [0.2, 0.25) is 0 Å². The van der Waals surface area contributed by atoms with Crippen LogP contribution in [-0.4, -0.2) is 16.8 Å². The van der Waals surface area contributed by atoms with E-state index in [1.54, 1.807) is 11.8 Å². The van der Waals surface area contributed by atoms with Crippen LogP contribution in [0.5, 0.6) is 5.75 Å². The highest BCUT2D eigenvalue weighted by molar-refractivity contribution is 7.99. The first kappa shape index (κ1) is 23.1. The minimum Gasteiger partial charge on any atom is -0.513 e. The molecule has 1 N–H and O–H groups in total. The van der Waals surface area contributed by atoms with Crippen molar-refractivity contribution in [2.75, 3.05) is 5.75 Å². The molecule has 0 atom stereocenters. The van der Waals surface area contributed by atoms with E-state index < -0.39 is 5.41 Å². The molecule has 29 heavy (non-hydrogen) atoms. The van der Waals surface area contributed by atoms with Crippen molar-refractivity contribution < 1.29 is 14.6 Å². The van der Waals surface area contributed by atoms with Crippen LogP contribution in [0.2, 0.25) is 0 Å². The lowest BCUT2D eigenvalue weighted by molar-refractivity contribution is -0.139. The van der Waals surface area contributed by atoms with Crippen molar-refractivity contribution in [3.63, 3.8) is 0 Å². The molecule has 0 saturated heterocycles. The predicted molar refractivity (Wildman–Crippen MR) is 122 cm³/mol. The second-order valence-corrected chi connectivity index (χ2v) is 10.00. The van der Waals surface area contributed by atoms with Gasteiger partial charge in [-0.3, -0.25) is 4.79 Å². The summed E-state index contributed by atoms with van der Waals surface area (Å²) in [5.41, 5.74) is 1.51. The maximum atomic E-state index is 12.8. The number of hydrogen-bond donors (Lipinski definition) is 1. The summed E-state index contributed by atoms with van der Waals surface area (Å²) in [6.07, 6.45) is 1.49. The number of ether oxygens (including phenoxy) is 1. The van der Waals surface area contributed by atoms with Crippen LogP contribution in [0.25, 0.3) is 0 Å². The fourth-order valence-electron chi connectivity index (χ4n) is 2.81. The van der Waals surface area contributed by atoms with E-state index in [0.29, 0.717) is 12.2 Å². The molecule has 0 spiro atoms. The highest BCUT2D eigenvalue weighted by atomic mass is 32.2. The first-order chi connectivity index (χ1) is 13.5. The maximum Gasteiger partial charge on any atom is 0.321 e. The molecule has 2 rings (SSSR count). The van der Waals surface area contributed by atoms with Gasteiger partial charge in [0.1, 0.15) is 5.75 Å². The van der Waals surface area contributed by atoms with Crippen molar-refractivity contribution in [1.82, 2.24) is 0 Å². The Kier molecular flexibility index (Phi) is 7.59. The van der Waals surface area contributed by atoms with Crippen LogP contribution in [0.4, 0.5) is 0 Å². The van der Waals surface area contributed by atoms with Gasteiger partial charge in [-0.1, -0.05) is 51.6 Å². The van der Waals surface area contributed by atoms with Crippen LogP contribution in [-0.2, 0) is 15.6 Å². The predicted octanol–water partition coefficient (Wildman–Crippen LogP) is 6.81. The Bertz CT molecular complexity index is 828. The zero-order valence-corrected chi connectivity index (χ0v) is 18.9. The van der Waals surface area contributed by atoms with Gasteiger partial charge in [0, 0.05) is 11.3 Å². The van der Waals surface area contributed by atoms with E-state index >= 15 is 0 Å². The zero-order valence-electron chi connectivity index (χ0n) is 18.1. The summed E-state index contributed by atoms with van der Waals surface area (Å²) in [5.74, 6) is 1.39. The van der Waals surface area contributed by atoms with E-state index in [2.05, 4.69) is 39.5 Å². The lowest BCUT2D eigenvalue weighted by Gasteiger charge is -2.25. The third-order valence-corrected chi connectivity index (χ3v) is 5.99. The van der Waals surface area contributed by atoms with Gasteiger partial charge in [-0.05, 0) is 66.8 Å². The van der Waals surface area contributed by atoms with Crippen LogP contribution in [0.15, 0.2) is 65.8 Å². The fourth-order valence-corrected chi connectivity index (χ4v) is 3.66. The molecule has 0 aromatic heterocycles. The first-order valence-electron chi connectivity index (χ1n) is 9.93. The summed E-state index contributed by atoms with van der Waals surface area (Å²) in [4.78, 5) is 13.9. The van der Waals surface area contributed by atoms with Crippen molar-refractivity contribution in [2.24, 2.45) is 0 Å². The summed E-state index contributed by atoms with van der Waals surface area (Å²) >= 11 is 1.70. The Morgan fingerprint density at radius 1 is 0.966 bits per heavy atom. The van der Waals surface area contributed by atoms with Gasteiger partial charge in [0.25, 0.3) is 0 Å². The molecule has 0 aliphatic carbocycles. The molecule has 0 unspecified atom stereocenters. The summed E-state index contributed by atoms with van der Waals surface area (Å²) in [6.45, 7) is 13.8. The summed E-state index contributed by atoms with van der Waals surface area (Å²) in [7, 11) is 0. The number of thioether (sulfide) groups is 1. The minimum atomic E-state index is -0.740. The molecule has 2 aromatic rings. The lowest BCUT2D eigenvalue weighted by atomic mass is 9.81. The number of aliphatic hydroxyl groups is 1. The number of carbonyl (C=O) groups excluding carboxylic acids is 1. The van der Waals surface area contributed by atoms with Crippen LogP contribution in [0.1, 0.15) is 58.6 Å². The second-order valence-electron chi connectivity index (χ2n) is 8.83. The van der Waals surface area contributed by atoms with E-state index in [1.807, 2.05) is 50.2 Å². The molecule has 0 bridgehead atoms. The van der Waals surface area contributed by atoms with Crippen LogP contribution in [0, 0.1) is 0 Å². The highest BCUT2D eigenvalue weighted by Crippen LogP contribution is 2.30. The third kappa shape index (κ3) is 6.67. The number of hydrogen-bond acceptors (Lipinski definition) is 4. The Labute approximate surface area is 179 Å². The summed E-state index contributed by atoms with van der Waals surface area (Å²) in [5, 5.41) is 9.11. The van der Waals surface area contributed by atoms with Crippen molar-refractivity contribution in [3.8, 4) is 5.75 Å². The minimum absolute atomic E-state index is 0.0784. The normalized spacial score (nSPS) is 11.9.